The van der Waals surface area contributed by atoms with Crippen molar-refractivity contribution in [2.24, 2.45) is 5.73 Å². The highest BCUT2D eigenvalue weighted by Gasteiger charge is 2.09. The zero-order valence-corrected chi connectivity index (χ0v) is 11.6. The maximum Gasteiger partial charge on any atom is 0.224 e. The summed E-state index contributed by atoms with van der Waals surface area (Å²) in [7, 11) is 1.60. The molecule has 1 aromatic rings. The molecule has 1 aromatic carbocycles. The van der Waals surface area contributed by atoms with Crippen molar-refractivity contribution >= 4 is 40.4 Å². The molecule has 6 heteroatoms. The standard InChI is InChI=1S/C12H15ClN2O2S/c1-17-6-2-3-11(16)15-10-7-8(13)4-5-9(10)12(14)18/h4-5,7H,2-3,6H2,1H3,(H2,14,18)(H,15,16). The van der Waals surface area contributed by atoms with E-state index in [1.165, 1.54) is 0 Å². The van der Waals surface area contributed by atoms with Gasteiger partial charge < -0.3 is 15.8 Å². The topological polar surface area (TPSA) is 64.3 Å². The van der Waals surface area contributed by atoms with Gasteiger partial charge in [0, 0.05) is 30.7 Å². The molecule has 0 heterocycles. The molecule has 1 rings (SSSR count). The van der Waals surface area contributed by atoms with E-state index in [4.69, 9.17) is 34.3 Å². The van der Waals surface area contributed by atoms with Crippen LogP contribution >= 0.6 is 23.8 Å². The van der Waals surface area contributed by atoms with Gasteiger partial charge in [0.25, 0.3) is 0 Å². The number of carbonyl (C=O) groups excluding carboxylic acids is 1. The minimum absolute atomic E-state index is 0.119. The molecule has 0 radical (unpaired) electrons. The van der Waals surface area contributed by atoms with Gasteiger partial charge in [-0.3, -0.25) is 4.79 Å². The van der Waals surface area contributed by atoms with E-state index in [0.29, 0.717) is 35.7 Å². The van der Waals surface area contributed by atoms with E-state index < -0.39 is 0 Å². The van der Waals surface area contributed by atoms with Crippen molar-refractivity contribution in [1.82, 2.24) is 0 Å². The second kappa shape index (κ2) is 7.31. The molecule has 0 fully saturated rings. The van der Waals surface area contributed by atoms with Crippen LogP contribution in [0.15, 0.2) is 18.2 Å². The van der Waals surface area contributed by atoms with Gasteiger partial charge in [0.1, 0.15) is 4.99 Å². The molecule has 18 heavy (non-hydrogen) atoms. The van der Waals surface area contributed by atoms with E-state index >= 15 is 0 Å². The molecule has 0 unspecified atom stereocenters. The van der Waals surface area contributed by atoms with Crippen molar-refractivity contribution in [1.29, 1.82) is 0 Å². The normalized spacial score (nSPS) is 10.1. The summed E-state index contributed by atoms with van der Waals surface area (Å²) in [6.07, 6.45) is 1.03. The minimum Gasteiger partial charge on any atom is -0.389 e. The number of carbonyl (C=O) groups is 1. The number of rotatable bonds is 6. The Labute approximate surface area is 116 Å². The number of methoxy groups -OCH3 is 1. The molecule has 4 nitrogen and oxygen atoms in total. The molecular weight excluding hydrogens is 272 g/mol. The molecule has 98 valence electrons. The molecule has 0 saturated heterocycles. The summed E-state index contributed by atoms with van der Waals surface area (Å²) >= 11 is 10.8. The highest BCUT2D eigenvalue weighted by molar-refractivity contribution is 7.80. The Morgan fingerprint density at radius 2 is 2.28 bits per heavy atom. The fourth-order valence-electron chi connectivity index (χ4n) is 1.42. The monoisotopic (exact) mass is 286 g/mol. The second-order valence-corrected chi connectivity index (χ2v) is 4.57. The molecule has 0 aliphatic rings. The Morgan fingerprint density at radius 3 is 2.89 bits per heavy atom. The number of ether oxygens (including phenoxy) is 1. The number of nitrogens with one attached hydrogen (secondary N) is 1. The summed E-state index contributed by atoms with van der Waals surface area (Å²) < 4.78 is 4.88. The number of amides is 1. The molecule has 0 atom stereocenters. The Morgan fingerprint density at radius 1 is 1.56 bits per heavy atom. The number of hydrogen-bond acceptors (Lipinski definition) is 3. The summed E-state index contributed by atoms with van der Waals surface area (Å²) in [5.74, 6) is -0.119. The van der Waals surface area contributed by atoms with Crippen LogP contribution in [0.4, 0.5) is 5.69 Å². The van der Waals surface area contributed by atoms with Gasteiger partial charge in [0.2, 0.25) is 5.91 Å². The van der Waals surface area contributed by atoms with Crippen LogP contribution in [0.5, 0.6) is 0 Å². The lowest BCUT2D eigenvalue weighted by molar-refractivity contribution is -0.116. The molecule has 0 saturated carbocycles. The average Bonchev–Trinajstić information content (AvgIpc) is 2.29. The van der Waals surface area contributed by atoms with Crippen LogP contribution in [-0.2, 0) is 9.53 Å². The van der Waals surface area contributed by atoms with Crippen molar-refractivity contribution in [2.75, 3.05) is 19.0 Å². The van der Waals surface area contributed by atoms with Gasteiger partial charge in [-0.05, 0) is 24.6 Å². The predicted octanol–water partition coefficient (Wildman–Crippen LogP) is 2.34. The summed E-state index contributed by atoms with van der Waals surface area (Å²) in [6, 6.07) is 5.00. The first-order valence-electron chi connectivity index (χ1n) is 5.42. The number of benzene rings is 1. The summed E-state index contributed by atoms with van der Waals surface area (Å²) in [4.78, 5) is 11.9. The number of halogens is 1. The lowest BCUT2D eigenvalue weighted by Crippen LogP contribution is -2.17. The zero-order chi connectivity index (χ0) is 13.5. The first kappa shape index (κ1) is 14.9. The van der Waals surface area contributed by atoms with Crippen LogP contribution in [0.3, 0.4) is 0 Å². The molecule has 3 N–H and O–H groups in total. The molecule has 1 amide bonds. The largest absolute Gasteiger partial charge is 0.389 e. The van der Waals surface area contributed by atoms with Crippen molar-refractivity contribution < 1.29 is 9.53 Å². The van der Waals surface area contributed by atoms with Gasteiger partial charge in [-0.25, -0.2) is 0 Å². The number of anilines is 1. The van der Waals surface area contributed by atoms with Crippen LogP contribution in [0.2, 0.25) is 5.02 Å². The molecule has 0 aliphatic heterocycles. The van der Waals surface area contributed by atoms with Crippen LogP contribution in [-0.4, -0.2) is 24.6 Å². The smallest absolute Gasteiger partial charge is 0.224 e. The third kappa shape index (κ3) is 4.60. The SMILES string of the molecule is COCCCC(=O)Nc1cc(Cl)ccc1C(N)=S. The summed E-state index contributed by atoms with van der Waals surface area (Å²) in [5.41, 5.74) is 6.72. The number of thiocarbonyl (C=S) groups is 1. The lowest BCUT2D eigenvalue weighted by atomic mass is 10.1. The molecule has 0 aliphatic carbocycles. The maximum absolute atomic E-state index is 11.7. The van der Waals surface area contributed by atoms with Crippen LogP contribution in [0, 0.1) is 0 Å². The lowest BCUT2D eigenvalue weighted by Gasteiger charge is -2.10. The Kier molecular flexibility index (Phi) is 6.04. The Bertz CT molecular complexity index is 452. The Hall–Kier alpha value is -1.17. The van der Waals surface area contributed by atoms with Gasteiger partial charge in [-0.2, -0.15) is 0 Å². The third-order valence-electron chi connectivity index (χ3n) is 2.27. The number of hydrogen-bond donors (Lipinski definition) is 2. The summed E-state index contributed by atoms with van der Waals surface area (Å²) in [6.45, 7) is 0.547. The fourth-order valence-corrected chi connectivity index (χ4v) is 1.77. The van der Waals surface area contributed by atoms with E-state index in [2.05, 4.69) is 5.32 Å². The van der Waals surface area contributed by atoms with E-state index in [1.54, 1.807) is 25.3 Å². The van der Waals surface area contributed by atoms with E-state index in [9.17, 15) is 4.79 Å². The minimum atomic E-state index is -0.119. The highest BCUT2D eigenvalue weighted by atomic mass is 35.5. The van der Waals surface area contributed by atoms with Gasteiger partial charge in [-0.15, -0.1) is 0 Å². The Balaban J connectivity index is 2.73. The third-order valence-corrected chi connectivity index (χ3v) is 2.73. The second-order valence-electron chi connectivity index (χ2n) is 3.70. The quantitative estimate of drug-likeness (QED) is 0.622. The van der Waals surface area contributed by atoms with Gasteiger partial charge >= 0.3 is 0 Å². The summed E-state index contributed by atoms with van der Waals surface area (Å²) in [5, 5.41) is 3.26. The van der Waals surface area contributed by atoms with Crippen LogP contribution in [0.25, 0.3) is 0 Å². The zero-order valence-electron chi connectivity index (χ0n) is 10.0. The van der Waals surface area contributed by atoms with Crippen molar-refractivity contribution in [3.63, 3.8) is 0 Å². The predicted molar refractivity (Wildman–Crippen MR) is 77.1 cm³/mol. The molecule has 0 aromatic heterocycles. The van der Waals surface area contributed by atoms with Gasteiger partial charge in [-0.1, -0.05) is 23.8 Å². The molecule has 0 spiro atoms. The van der Waals surface area contributed by atoms with Crippen molar-refractivity contribution in [2.45, 2.75) is 12.8 Å². The fraction of sp³-hybridized carbons (Fsp3) is 0.333. The highest BCUT2D eigenvalue weighted by Crippen LogP contribution is 2.21. The van der Waals surface area contributed by atoms with E-state index in [-0.39, 0.29) is 10.9 Å². The maximum atomic E-state index is 11.7. The van der Waals surface area contributed by atoms with Gasteiger partial charge in [0.05, 0.1) is 5.69 Å². The van der Waals surface area contributed by atoms with Crippen molar-refractivity contribution in [3.8, 4) is 0 Å². The van der Waals surface area contributed by atoms with Crippen LogP contribution in [0.1, 0.15) is 18.4 Å². The first-order valence-corrected chi connectivity index (χ1v) is 6.21. The van der Waals surface area contributed by atoms with Gasteiger partial charge in [0.15, 0.2) is 0 Å². The molecule has 0 bridgehead atoms. The number of nitrogens with two attached hydrogens (primary N) is 1. The van der Waals surface area contributed by atoms with Crippen molar-refractivity contribution in [3.05, 3.63) is 28.8 Å². The average molecular weight is 287 g/mol. The van der Waals surface area contributed by atoms with E-state index in [0.717, 1.165) is 0 Å². The molecular formula is C12H15ClN2O2S. The van der Waals surface area contributed by atoms with E-state index in [1.807, 2.05) is 0 Å². The van der Waals surface area contributed by atoms with Crippen LogP contribution < -0.4 is 11.1 Å². The first-order chi connectivity index (χ1) is 8.54.